The van der Waals surface area contributed by atoms with Crippen LogP contribution in [0.3, 0.4) is 0 Å². The van der Waals surface area contributed by atoms with E-state index in [1.165, 1.54) is 19.4 Å². The monoisotopic (exact) mass is 267 g/mol. The average Bonchev–Trinajstić information content (AvgIpc) is 2.97. The molecule has 0 aliphatic carbocycles. The maximum atomic E-state index is 5.10. The van der Waals surface area contributed by atoms with Gasteiger partial charge in [-0.1, -0.05) is 0 Å². The Morgan fingerprint density at radius 2 is 2.37 bits per heavy atom. The van der Waals surface area contributed by atoms with Crippen molar-refractivity contribution >= 4 is 0 Å². The molecule has 1 aliphatic heterocycles. The predicted molar refractivity (Wildman–Crippen MR) is 73.9 cm³/mol. The van der Waals surface area contributed by atoms with Gasteiger partial charge >= 0.3 is 0 Å². The van der Waals surface area contributed by atoms with Gasteiger partial charge in [0.2, 0.25) is 0 Å². The minimum absolute atomic E-state index is 0.681. The molecule has 0 saturated carbocycles. The van der Waals surface area contributed by atoms with Gasteiger partial charge in [-0.3, -0.25) is 4.90 Å². The molecule has 1 aromatic rings. The standard InChI is InChI=1S/C13H25N5O/c1-16(9-12-5-4-6-17(12)2)10-13-15-14-11-18(13)7-8-19-3/h11-12H,4-10H2,1-3H3/t12-/m1/s1. The first kappa shape index (κ1) is 14.4. The molecule has 6 heteroatoms. The summed E-state index contributed by atoms with van der Waals surface area (Å²) < 4.78 is 7.17. The molecule has 0 N–H and O–H groups in total. The minimum Gasteiger partial charge on any atom is -0.383 e. The van der Waals surface area contributed by atoms with Gasteiger partial charge < -0.3 is 14.2 Å². The van der Waals surface area contributed by atoms with Crippen molar-refractivity contribution in [2.24, 2.45) is 0 Å². The third-order valence-corrected chi connectivity index (χ3v) is 3.84. The smallest absolute Gasteiger partial charge is 0.147 e. The van der Waals surface area contributed by atoms with Gasteiger partial charge in [0, 0.05) is 26.2 Å². The lowest BCUT2D eigenvalue weighted by Gasteiger charge is -2.25. The number of rotatable bonds is 7. The number of hydrogen-bond donors (Lipinski definition) is 0. The van der Waals surface area contributed by atoms with E-state index in [2.05, 4.69) is 38.7 Å². The summed E-state index contributed by atoms with van der Waals surface area (Å²) in [5.74, 6) is 1.01. The lowest BCUT2D eigenvalue weighted by molar-refractivity contribution is 0.182. The Morgan fingerprint density at radius 3 is 3.05 bits per heavy atom. The highest BCUT2D eigenvalue weighted by molar-refractivity contribution is 4.87. The van der Waals surface area contributed by atoms with Crippen LogP contribution in [-0.2, 0) is 17.8 Å². The fourth-order valence-electron chi connectivity index (χ4n) is 2.65. The first-order valence-electron chi connectivity index (χ1n) is 6.95. The molecule has 1 atom stereocenters. The zero-order chi connectivity index (χ0) is 13.7. The number of nitrogens with zero attached hydrogens (tertiary/aromatic N) is 5. The van der Waals surface area contributed by atoms with Crippen LogP contribution in [0.25, 0.3) is 0 Å². The molecule has 1 aromatic heterocycles. The van der Waals surface area contributed by atoms with Crippen molar-refractivity contribution in [2.75, 3.05) is 40.9 Å². The predicted octanol–water partition coefficient (Wildman–Crippen LogP) is 0.451. The van der Waals surface area contributed by atoms with Crippen LogP contribution in [0, 0.1) is 0 Å². The van der Waals surface area contributed by atoms with Crippen molar-refractivity contribution in [1.29, 1.82) is 0 Å². The summed E-state index contributed by atoms with van der Waals surface area (Å²) in [5, 5.41) is 8.20. The normalized spacial score (nSPS) is 20.5. The summed E-state index contributed by atoms with van der Waals surface area (Å²) >= 11 is 0. The molecule has 1 fully saturated rings. The fourth-order valence-corrected chi connectivity index (χ4v) is 2.65. The summed E-state index contributed by atoms with van der Waals surface area (Å²) in [6, 6.07) is 0.681. The molecule has 0 amide bonds. The summed E-state index contributed by atoms with van der Waals surface area (Å²) in [7, 11) is 6.08. The van der Waals surface area contributed by atoms with Gasteiger partial charge in [0.05, 0.1) is 13.2 Å². The van der Waals surface area contributed by atoms with Crippen LogP contribution in [0.15, 0.2) is 6.33 Å². The molecule has 0 bridgehead atoms. The summed E-state index contributed by atoms with van der Waals surface area (Å²) in [4.78, 5) is 4.78. The largest absolute Gasteiger partial charge is 0.383 e. The number of ether oxygens (including phenoxy) is 1. The molecule has 6 nitrogen and oxygen atoms in total. The molecule has 1 aliphatic rings. The minimum atomic E-state index is 0.681. The molecule has 2 rings (SSSR count). The SMILES string of the molecule is COCCn1cnnc1CN(C)C[C@H]1CCCN1C. The molecule has 0 aromatic carbocycles. The van der Waals surface area contributed by atoms with Gasteiger partial charge in [-0.05, 0) is 33.5 Å². The number of methoxy groups -OCH3 is 1. The summed E-state index contributed by atoms with van der Waals surface area (Å²) in [5.41, 5.74) is 0. The fraction of sp³-hybridized carbons (Fsp3) is 0.846. The van der Waals surface area contributed by atoms with Crippen LogP contribution < -0.4 is 0 Å². The molecule has 19 heavy (non-hydrogen) atoms. The van der Waals surface area contributed by atoms with E-state index in [0.717, 1.165) is 25.5 Å². The Bertz CT molecular complexity index is 381. The Kier molecular flexibility index (Phi) is 5.30. The molecule has 0 radical (unpaired) electrons. The summed E-state index contributed by atoms with van der Waals surface area (Å²) in [6.07, 6.45) is 4.40. The number of likely N-dealkylation sites (N-methyl/N-ethyl adjacent to an activating group) is 2. The Labute approximate surface area is 115 Å². The molecule has 2 heterocycles. The van der Waals surface area contributed by atoms with Crippen molar-refractivity contribution in [3.8, 4) is 0 Å². The highest BCUT2D eigenvalue weighted by Gasteiger charge is 2.22. The van der Waals surface area contributed by atoms with Gasteiger partial charge in [-0.25, -0.2) is 0 Å². The van der Waals surface area contributed by atoms with Crippen molar-refractivity contribution in [3.63, 3.8) is 0 Å². The van der Waals surface area contributed by atoms with Crippen molar-refractivity contribution < 1.29 is 4.74 Å². The third kappa shape index (κ3) is 3.99. The number of hydrogen-bond acceptors (Lipinski definition) is 5. The van der Waals surface area contributed by atoms with Gasteiger partial charge in [0.25, 0.3) is 0 Å². The highest BCUT2D eigenvalue weighted by atomic mass is 16.5. The second-order valence-electron chi connectivity index (χ2n) is 5.41. The first-order valence-corrected chi connectivity index (χ1v) is 6.95. The topological polar surface area (TPSA) is 46.4 Å². The van der Waals surface area contributed by atoms with E-state index in [1.807, 2.05) is 0 Å². The van der Waals surface area contributed by atoms with Crippen LogP contribution >= 0.6 is 0 Å². The molecule has 108 valence electrons. The number of aromatic nitrogens is 3. The second-order valence-corrected chi connectivity index (χ2v) is 5.41. The Balaban J connectivity index is 1.84. The van der Waals surface area contributed by atoms with Gasteiger partial charge in [0.1, 0.15) is 12.2 Å². The Hall–Kier alpha value is -0.980. The van der Waals surface area contributed by atoms with Crippen LogP contribution in [0.5, 0.6) is 0 Å². The van der Waals surface area contributed by atoms with Crippen LogP contribution in [-0.4, -0.2) is 71.5 Å². The summed E-state index contributed by atoms with van der Waals surface area (Å²) in [6.45, 7) is 4.67. The molecule has 0 spiro atoms. The maximum Gasteiger partial charge on any atom is 0.147 e. The van der Waals surface area contributed by atoms with Gasteiger partial charge in [-0.2, -0.15) is 0 Å². The molecular formula is C13H25N5O. The molecule has 1 saturated heterocycles. The third-order valence-electron chi connectivity index (χ3n) is 3.84. The van der Waals surface area contributed by atoms with E-state index >= 15 is 0 Å². The van der Waals surface area contributed by atoms with Crippen LogP contribution in [0.2, 0.25) is 0 Å². The molecule has 0 unspecified atom stereocenters. The van der Waals surface area contributed by atoms with Gasteiger partial charge in [0.15, 0.2) is 0 Å². The van der Waals surface area contributed by atoms with Crippen LogP contribution in [0.4, 0.5) is 0 Å². The van der Waals surface area contributed by atoms with E-state index in [9.17, 15) is 0 Å². The maximum absolute atomic E-state index is 5.10. The van der Waals surface area contributed by atoms with Crippen molar-refractivity contribution in [3.05, 3.63) is 12.2 Å². The molecular weight excluding hydrogens is 242 g/mol. The lowest BCUT2D eigenvalue weighted by Crippen LogP contribution is -2.36. The van der Waals surface area contributed by atoms with Crippen LogP contribution in [0.1, 0.15) is 18.7 Å². The quantitative estimate of drug-likeness (QED) is 0.718. The van der Waals surface area contributed by atoms with E-state index < -0.39 is 0 Å². The second kappa shape index (κ2) is 6.98. The van der Waals surface area contributed by atoms with Gasteiger partial charge in [-0.15, -0.1) is 10.2 Å². The number of likely N-dealkylation sites (tertiary alicyclic amines) is 1. The van der Waals surface area contributed by atoms with E-state index in [0.29, 0.717) is 12.6 Å². The first-order chi connectivity index (χ1) is 9.20. The van der Waals surface area contributed by atoms with Crippen molar-refractivity contribution in [1.82, 2.24) is 24.6 Å². The van der Waals surface area contributed by atoms with E-state index in [4.69, 9.17) is 4.74 Å². The van der Waals surface area contributed by atoms with E-state index in [1.54, 1.807) is 13.4 Å². The lowest BCUT2D eigenvalue weighted by atomic mass is 10.2. The zero-order valence-corrected chi connectivity index (χ0v) is 12.2. The zero-order valence-electron chi connectivity index (χ0n) is 12.2. The van der Waals surface area contributed by atoms with E-state index in [-0.39, 0.29) is 0 Å². The highest BCUT2D eigenvalue weighted by Crippen LogP contribution is 2.16. The van der Waals surface area contributed by atoms with Crippen molar-refractivity contribution in [2.45, 2.75) is 32.0 Å². The average molecular weight is 267 g/mol. The Morgan fingerprint density at radius 1 is 1.53 bits per heavy atom.